The molecule has 0 saturated carbocycles. The van der Waals surface area contributed by atoms with Crippen molar-refractivity contribution >= 4 is 11.8 Å². The van der Waals surface area contributed by atoms with Gasteiger partial charge in [-0.05, 0) is 32.9 Å². The number of rotatable bonds is 6. The van der Waals surface area contributed by atoms with Crippen LogP contribution in [0.3, 0.4) is 0 Å². The van der Waals surface area contributed by atoms with E-state index in [1.165, 1.54) is 6.07 Å². The molecular formula is C14H22FNOS. The molecule has 0 amide bonds. The Kier molecular flexibility index (Phi) is 6.12. The van der Waals surface area contributed by atoms with E-state index >= 15 is 0 Å². The van der Waals surface area contributed by atoms with Crippen LogP contribution >= 0.6 is 11.8 Å². The Morgan fingerprint density at radius 3 is 2.67 bits per heavy atom. The fraction of sp³-hybridized carbons (Fsp3) is 0.571. The van der Waals surface area contributed by atoms with Gasteiger partial charge in [0.05, 0.1) is 6.61 Å². The quantitative estimate of drug-likeness (QED) is 0.632. The molecule has 0 spiro atoms. The van der Waals surface area contributed by atoms with Gasteiger partial charge < -0.3 is 10.1 Å². The maximum Gasteiger partial charge on any atom is 0.128 e. The Morgan fingerprint density at radius 1 is 1.33 bits per heavy atom. The summed E-state index contributed by atoms with van der Waals surface area (Å²) in [7, 11) is 1.67. The summed E-state index contributed by atoms with van der Waals surface area (Å²) in [5.74, 6) is 0.691. The van der Waals surface area contributed by atoms with Gasteiger partial charge in [-0.2, -0.15) is 0 Å². The van der Waals surface area contributed by atoms with Gasteiger partial charge in [0, 0.05) is 35.4 Å². The summed E-state index contributed by atoms with van der Waals surface area (Å²) in [5, 5.41) is 3.33. The van der Waals surface area contributed by atoms with Crippen LogP contribution in [0.5, 0.6) is 0 Å². The average molecular weight is 271 g/mol. The van der Waals surface area contributed by atoms with E-state index in [0.29, 0.717) is 13.2 Å². The van der Waals surface area contributed by atoms with Gasteiger partial charge in [0.25, 0.3) is 0 Å². The molecule has 0 aliphatic carbocycles. The lowest BCUT2D eigenvalue weighted by Crippen LogP contribution is -2.35. The first-order chi connectivity index (χ1) is 8.44. The maximum absolute atomic E-state index is 13.8. The van der Waals surface area contributed by atoms with Crippen LogP contribution in [0, 0.1) is 5.82 Å². The van der Waals surface area contributed by atoms with Gasteiger partial charge in [-0.25, -0.2) is 4.39 Å². The van der Waals surface area contributed by atoms with Crippen LogP contribution in [0.4, 0.5) is 4.39 Å². The molecule has 0 atom stereocenters. The second-order valence-electron chi connectivity index (χ2n) is 5.16. The van der Waals surface area contributed by atoms with Gasteiger partial charge in [0.1, 0.15) is 5.82 Å². The predicted octanol–water partition coefficient (Wildman–Crippen LogP) is 3.45. The Bertz CT molecular complexity index is 377. The largest absolute Gasteiger partial charge is 0.384 e. The standard InChI is InChI=1S/C14H22FNOS/c1-14(2,3)16-10-11-12(15)6-5-7-13(11)18-9-8-17-4/h5-7,16H,8-10H2,1-4H3. The molecule has 0 aliphatic heterocycles. The first-order valence-corrected chi connectivity index (χ1v) is 7.07. The smallest absolute Gasteiger partial charge is 0.128 e. The van der Waals surface area contributed by atoms with Gasteiger partial charge in [0.15, 0.2) is 0 Å². The molecule has 1 rings (SSSR count). The van der Waals surface area contributed by atoms with Gasteiger partial charge >= 0.3 is 0 Å². The molecule has 102 valence electrons. The molecule has 0 radical (unpaired) electrons. The highest BCUT2D eigenvalue weighted by Crippen LogP contribution is 2.25. The summed E-state index contributed by atoms with van der Waals surface area (Å²) < 4.78 is 18.9. The molecule has 0 aliphatic rings. The second-order valence-corrected chi connectivity index (χ2v) is 6.30. The van der Waals surface area contributed by atoms with Gasteiger partial charge in [-0.3, -0.25) is 0 Å². The van der Waals surface area contributed by atoms with Crippen molar-refractivity contribution in [3.05, 3.63) is 29.6 Å². The number of benzene rings is 1. The normalized spacial score (nSPS) is 11.8. The number of methoxy groups -OCH3 is 1. The van der Waals surface area contributed by atoms with E-state index in [1.807, 2.05) is 6.07 Å². The van der Waals surface area contributed by atoms with Crippen LogP contribution in [0.15, 0.2) is 23.1 Å². The van der Waals surface area contributed by atoms with Crippen molar-refractivity contribution in [3.63, 3.8) is 0 Å². The van der Waals surface area contributed by atoms with Gasteiger partial charge in [0.2, 0.25) is 0 Å². The molecule has 0 aromatic heterocycles. The average Bonchev–Trinajstić information content (AvgIpc) is 2.27. The van der Waals surface area contributed by atoms with Crippen molar-refractivity contribution in [2.24, 2.45) is 0 Å². The Morgan fingerprint density at radius 2 is 2.06 bits per heavy atom. The zero-order chi connectivity index (χ0) is 13.6. The Hall–Kier alpha value is -0.580. The third kappa shape index (κ3) is 5.38. The molecule has 0 heterocycles. The summed E-state index contributed by atoms with van der Waals surface area (Å²) in [6, 6.07) is 5.23. The van der Waals surface area contributed by atoms with Crippen molar-refractivity contribution in [2.45, 2.75) is 37.8 Å². The van der Waals surface area contributed by atoms with Crippen molar-refractivity contribution in [1.82, 2.24) is 5.32 Å². The molecule has 18 heavy (non-hydrogen) atoms. The van der Waals surface area contributed by atoms with E-state index < -0.39 is 0 Å². The van der Waals surface area contributed by atoms with E-state index in [1.54, 1.807) is 24.9 Å². The number of ether oxygens (including phenoxy) is 1. The van der Waals surface area contributed by atoms with E-state index in [0.717, 1.165) is 16.2 Å². The molecule has 0 unspecified atom stereocenters. The monoisotopic (exact) mass is 271 g/mol. The van der Waals surface area contributed by atoms with Crippen molar-refractivity contribution in [1.29, 1.82) is 0 Å². The number of hydrogen-bond acceptors (Lipinski definition) is 3. The number of hydrogen-bond donors (Lipinski definition) is 1. The molecular weight excluding hydrogens is 249 g/mol. The van der Waals surface area contributed by atoms with Crippen molar-refractivity contribution < 1.29 is 9.13 Å². The van der Waals surface area contributed by atoms with Crippen LogP contribution in [0.1, 0.15) is 26.3 Å². The zero-order valence-electron chi connectivity index (χ0n) is 11.5. The van der Waals surface area contributed by atoms with E-state index in [9.17, 15) is 4.39 Å². The van der Waals surface area contributed by atoms with Crippen LogP contribution in [-0.2, 0) is 11.3 Å². The summed E-state index contributed by atoms with van der Waals surface area (Å²) >= 11 is 1.63. The van der Waals surface area contributed by atoms with Crippen LogP contribution < -0.4 is 5.32 Å². The molecule has 4 heteroatoms. The van der Waals surface area contributed by atoms with E-state index in [2.05, 4.69) is 26.1 Å². The summed E-state index contributed by atoms with van der Waals surface area (Å²) in [6.07, 6.45) is 0. The Balaban J connectivity index is 2.74. The van der Waals surface area contributed by atoms with E-state index in [4.69, 9.17) is 4.74 Å². The minimum Gasteiger partial charge on any atom is -0.384 e. The molecule has 2 nitrogen and oxygen atoms in total. The maximum atomic E-state index is 13.8. The predicted molar refractivity (Wildman–Crippen MR) is 75.6 cm³/mol. The number of halogens is 1. The zero-order valence-corrected chi connectivity index (χ0v) is 12.4. The summed E-state index contributed by atoms with van der Waals surface area (Å²) in [5.41, 5.74) is 0.727. The third-order valence-electron chi connectivity index (χ3n) is 2.42. The van der Waals surface area contributed by atoms with Gasteiger partial charge in [-0.15, -0.1) is 11.8 Å². The molecule has 1 N–H and O–H groups in total. The molecule has 0 saturated heterocycles. The lowest BCUT2D eigenvalue weighted by Gasteiger charge is -2.21. The van der Waals surface area contributed by atoms with Crippen LogP contribution in [0.25, 0.3) is 0 Å². The van der Waals surface area contributed by atoms with E-state index in [-0.39, 0.29) is 11.4 Å². The summed E-state index contributed by atoms with van der Waals surface area (Å²) in [4.78, 5) is 0.990. The highest BCUT2D eigenvalue weighted by Gasteiger charge is 2.13. The highest BCUT2D eigenvalue weighted by atomic mass is 32.2. The van der Waals surface area contributed by atoms with Crippen molar-refractivity contribution in [2.75, 3.05) is 19.5 Å². The highest BCUT2D eigenvalue weighted by molar-refractivity contribution is 7.99. The second kappa shape index (κ2) is 7.12. The molecule has 1 aromatic carbocycles. The lowest BCUT2D eigenvalue weighted by molar-refractivity contribution is 0.218. The fourth-order valence-electron chi connectivity index (χ4n) is 1.43. The topological polar surface area (TPSA) is 21.3 Å². The molecule has 1 aromatic rings. The number of thioether (sulfide) groups is 1. The third-order valence-corrected chi connectivity index (χ3v) is 3.48. The van der Waals surface area contributed by atoms with Crippen molar-refractivity contribution in [3.8, 4) is 0 Å². The van der Waals surface area contributed by atoms with Crippen LogP contribution in [0.2, 0.25) is 0 Å². The lowest BCUT2D eigenvalue weighted by atomic mass is 10.1. The van der Waals surface area contributed by atoms with Gasteiger partial charge in [-0.1, -0.05) is 6.07 Å². The van der Waals surface area contributed by atoms with Crippen LogP contribution in [-0.4, -0.2) is 25.0 Å². The minimum absolute atomic E-state index is 0.0171. The minimum atomic E-state index is -0.144. The SMILES string of the molecule is COCCSc1cccc(F)c1CNC(C)(C)C. The molecule has 0 bridgehead atoms. The molecule has 0 fully saturated rings. The number of nitrogens with one attached hydrogen (secondary N) is 1. The first-order valence-electron chi connectivity index (χ1n) is 6.08. The Labute approximate surface area is 113 Å². The first kappa shape index (κ1) is 15.5. The summed E-state index contributed by atoms with van der Waals surface area (Å²) in [6.45, 7) is 7.45. The fourth-order valence-corrected chi connectivity index (χ4v) is 2.42.